The van der Waals surface area contributed by atoms with Gasteiger partial charge >= 0.3 is 0 Å². The van der Waals surface area contributed by atoms with E-state index in [0.717, 1.165) is 69.0 Å². The molecule has 1 aliphatic rings. The molecule has 0 aromatic heterocycles. The Balaban J connectivity index is 1.95. The molecule has 31 heavy (non-hydrogen) atoms. The highest BCUT2D eigenvalue weighted by Crippen LogP contribution is 2.33. The number of carbonyl (C=O) groups excluding carboxylic acids is 1. The molecule has 0 saturated carbocycles. The summed E-state index contributed by atoms with van der Waals surface area (Å²) in [5, 5.41) is 16.0. The van der Waals surface area contributed by atoms with Crippen LogP contribution in [0, 0.1) is 0 Å². The van der Waals surface area contributed by atoms with E-state index in [-0.39, 0.29) is 5.91 Å². The zero-order valence-electron chi connectivity index (χ0n) is 19.5. The smallest absolute Gasteiger partial charge is 0.257 e. The van der Waals surface area contributed by atoms with Crippen LogP contribution < -0.4 is 16.4 Å². The minimum absolute atomic E-state index is 0.0407. The highest BCUT2D eigenvalue weighted by molar-refractivity contribution is 6.06. The Morgan fingerprint density at radius 2 is 1.58 bits per heavy atom. The van der Waals surface area contributed by atoms with Gasteiger partial charge in [0.1, 0.15) is 5.54 Å². The molecule has 2 rings (SSSR count). The van der Waals surface area contributed by atoms with Crippen molar-refractivity contribution >= 4 is 11.9 Å². The van der Waals surface area contributed by atoms with Crippen molar-refractivity contribution in [3.05, 3.63) is 35.4 Å². The van der Waals surface area contributed by atoms with Gasteiger partial charge in [-0.3, -0.25) is 20.3 Å². The highest BCUT2D eigenvalue weighted by atomic mass is 16.3. The lowest BCUT2D eigenvalue weighted by Gasteiger charge is -2.26. The topological polar surface area (TPSA) is 103 Å². The summed E-state index contributed by atoms with van der Waals surface area (Å²) in [5.74, 6) is 0.378. The summed E-state index contributed by atoms with van der Waals surface area (Å²) in [6.45, 7) is 8.17. The van der Waals surface area contributed by atoms with Crippen LogP contribution in [0.1, 0.15) is 83.3 Å². The number of carbonyl (C=O) groups is 1. The number of nitrogens with zero attached hydrogens (tertiary/aromatic N) is 2. The Morgan fingerprint density at radius 1 is 1.00 bits per heavy atom. The van der Waals surface area contributed by atoms with Crippen molar-refractivity contribution in [2.45, 2.75) is 97.1 Å². The molecule has 0 aliphatic carbocycles. The molecule has 0 spiro atoms. The van der Waals surface area contributed by atoms with Crippen LogP contribution in [0.25, 0.3) is 0 Å². The molecule has 1 aromatic carbocycles. The Kier molecular flexibility index (Phi) is 10.4. The summed E-state index contributed by atoms with van der Waals surface area (Å²) in [5.41, 5.74) is 7.61. The summed E-state index contributed by atoms with van der Waals surface area (Å²) in [4.78, 5) is 19.6. The first-order chi connectivity index (χ1) is 15.0. The number of amides is 1. The van der Waals surface area contributed by atoms with E-state index in [2.05, 4.69) is 36.4 Å². The number of aliphatic hydroxyl groups is 1. The Hall–Kier alpha value is -1.96. The lowest BCUT2D eigenvalue weighted by molar-refractivity contribution is -0.132. The number of hydrogen-bond donors (Lipinski definition) is 4. The average molecular weight is 432 g/mol. The van der Waals surface area contributed by atoms with Gasteiger partial charge in [0.05, 0.1) is 6.54 Å². The van der Waals surface area contributed by atoms with Gasteiger partial charge in [-0.25, -0.2) is 4.99 Å². The third-order valence-corrected chi connectivity index (χ3v) is 5.87. The van der Waals surface area contributed by atoms with E-state index in [4.69, 9.17) is 5.73 Å². The fourth-order valence-electron chi connectivity index (χ4n) is 3.87. The first kappa shape index (κ1) is 25.3. The van der Waals surface area contributed by atoms with E-state index in [1.54, 1.807) is 4.90 Å². The molecular formula is C24H41N5O2. The van der Waals surface area contributed by atoms with Crippen LogP contribution in [0.2, 0.25) is 0 Å². The molecule has 0 radical (unpaired) electrons. The average Bonchev–Trinajstić information content (AvgIpc) is 3.00. The van der Waals surface area contributed by atoms with Crippen LogP contribution in [-0.2, 0) is 17.9 Å². The molecule has 0 saturated heterocycles. The number of hydrogen-bond acceptors (Lipinski definition) is 6. The van der Waals surface area contributed by atoms with Crippen molar-refractivity contribution in [2.75, 3.05) is 6.54 Å². The van der Waals surface area contributed by atoms with Crippen LogP contribution in [0.3, 0.4) is 0 Å². The second-order valence-electron chi connectivity index (χ2n) is 8.51. The maximum Gasteiger partial charge on any atom is 0.257 e. The summed E-state index contributed by atoms with van der Waals surface area (Å²) >= 11 is 0. The van der Waals surface area contributed by atoms with E-state index >= 15 is 0 Å². The van der Waals surface area contributed by atoms with Crippen molar-refractivity contribution in [3.8, 4) is 0 Å². The minimum atomic E-state index is -0.719. The number of nitrogens with one attached hydrogen (secondary N) is 2. The van der Waals surface area contributed by atoms with Crippen molar-refractivity contribution in [2.24, 2.45) is 10.7 Å². The molecule has 7 nitrogen and oxygen atoms in total. The number of benzene rings is 1. The summed E-state index contributed by atoms with van der Waals surface area (Å²) in [6, 6.07) is 8.03. The molecule has 174 valence electrons. The maximum atomic E-state index is 13.3. The zero-order valence-corrected chi connectivity index (χ0v) is 19.5. The third-order valence-electron chi connectivity index (χ3n) is 5.87. The SMILES string of the molecule is CCCCNC(O)NCc1ccc(CN2C(=O)C(CCCC)(CCCC)N=C2N)cc1. The first-order valence-corrected chi connectivity index (χ1v) is 11.9. The van der Waals surface area contributed by atoms with Crippen molar-refractivity contribution in [1.82, 2.24) is 15.5 Å². The van der Waals surface area contributed by atoms with Crippen LogP contribution in [0.4, 0.5) is 0 Å². The van der Waals surface area contributed by atoms with E-state index in [1.807, 2.05) is 24.3 Å². The second kappa shape index (κ2) is 12.8. The molecule has 1 amide bonds. The maximum absolute atomic E-state index is 13.3. The predicted octanol–water partition coefficient (Wildman–Crippen LogP) is 3.22. The van der Waals surface area contributed by atoms with Gasteiger partial charge in [0, 0.05) is 6.54 Å². The number of guanidine groups is 1. The van der Waals surface area contributed by atoms with Gasteiger partial charge < -0.3 is 10.8 Å². The normalized spacial score (nSPS) is 16.6. The fraction of sp³-hybridized carbons (Fsp3) is 0.667. The first-order valence-electron chi connectivity index (χ1n) is 11.9. The number of aliphatic imine (C=N–C) groups is 1. The standard InChI is InChI=1S/C24H41N5O2/c1-4-7-14-24(15-8-5-2)21(30)29(22(25)28-24)18-20-12-10-19(11-13-20)17-27-23(31)26-16-9-6-3/h10-13,23,26-27,31H,4-9,14-18H2,1-3H3,(H2,25,28). The van der Waals surface area contributed by atoms with Crippen LogP contribution >= 0.6 is 0 Å². The van der Waals surface area contributed by atoms with Crippen LogP contribution in [-0.4, -0.2) is 40.3 Å². The van der Waals surface area contributed by atoms with Gasteiger partial charge in [-0.05, 0) is 36.9 Å². The van der Waals surface area contributed by atoms with Crippen LogP contribution in [0.15, 0.2) is 29.3 Å². The van der Waals surface area contributed by atoms with Crippen molar-refractivity contribution in [1.29, 1.82) is 0 Å². The third kappa shape index (κ3) is 7.30. The molecule has 1 aromatic rings. The number of aliphatic hydroxyl groups excluding tert-OH is 1. The molecular weight excluding hydrogens is 390 g/mol. The Bertz CT molecular complexity index is 696. The molecule has 5 N–H and O–H groups in total. The Morgan fingerprint density at radius 3 is 2.16 bits per heavy atom. The lowest BCUT2D eigenvalue weighted by Crippen LogP contribution is -2.44. The van der Waals surface area contributed by atoms with E-state index in [0.29, 0.717) is 19.0 Å². The molecule has 0 bridgehead atoms. The summed E-state index contributed by atoms with van der Waals surface area (Å²) in [7, 11) is 0. The van der Waals surface area contributed by atoms with Crippen molar-refractivity contribution in [3.63, 3.8) is 0 Å². The summed E-state index contributed by atoms with van der Waals surface area (Å²) in [6.07, 6.45) is 6.95. The van der Waals surface area contributed by atoms with E-state index in [1.165, 1.54) is 0 Å². The monoisotopic (exact) mass is 431 g/mol. The van der Waals surface area contributed by atoms with Crippen molar-refractivity contribution < 1.29 is 9.90 Å². The second-order valence-corrected chi connectivity index (χ2v) is 8.51. The van der Waals surface area contributed by atoms with Gasteiger partial charge in [-0.1, -0.05) is 77.1 Å². The number of unbranched alkanes of at least 4 members (excludes halogenated alkanes) is 3. The predicted molar refractivity (Wildman–Crippen MR) is 126 cm³/mol. The molecule has 1 heterocycles. The van der Waals surface area contributed by atoms with Gasteiger partial charge in [-0.15, -0.1) is 0 Å². The highest BCUT2D eigenvalue weighted by Gasteiger charge is 2.46. The molecule has 7 heteroatoms. The molecule has 1 atom stereocenters. The van der Waals surface area contributed by atoms with Gasteiger partial charge in [0.25, 0.3) is 5.91 Å². The van der Waals surface area contributed by atoms with Gasteiger partial charge in [0.15, 0.2) is 12.3 Å². The largest absolute Gasteiger partial charge is 0.369 e. The molecule has 0 fully saturated rings. The molecule has 1 aliphatic heterocycles. The Labute approximate surface area is 187 Å². The lowest BCUT2D eigenvalue weighted by atomic mass is 9.87. The number of rotatable bonds is 15. The van der Waals surface area contributed by atoms with E-state index < -0.39 is 11.9 Å². The minimum Gasteiger partial charge on any atom is -0.369 e. The molecule has 1 unspecified atom stereocenters. The quantitative estimate of drug-likeness (QED) is 0.252. The fourth-order valence-corrected chi connectivity index (χ4v) is 3.87. The summed E-state index contributed by atoms with van der Waals surface area (Å²) < 4.78 is 0. The van der Waals surface area contributed by atoms with Gasteiger partial charge in [0.2, 0.25) is 0 Å². The van der Waals surface area contributed by atoms with Gasteiger partial charge in [-0.2, -0.15) is 0 Å². The van der Waals surface area contributed by atoms with Crippen LogP contribution in [0.5, 0.6) is 0 Å². The zero-order chi connectivity index (χ0) is 22.7. The number of nitrogens with two attached hydrogens (primary N) is 1. The van der Waals surface area contributed by atoms with E-state index in [9.17, 15) is 9.90 Å².